The Morgan fingerprint density at radius 2 is 1.74 bits per heavy atom. The van der Waals surface area contributed by atoms with Crippen LogP contribution in [-0.2, 0) is 0 Å². The molecule has 90 valence electrons. The van der Waals surface area contributed by atoms with E-state index in [1.807, 2.05) is 36.4 Å². The summed E-state index contributed by atoms with van der Waals surface area (Å²) in [6, 6.07) is 17.2. The summed E-state index contributed by atoms with van der Waals surface area (Å²) in [5, 5.41) is 9.98. The second kappa shape index (κ2) is 4.39. The number of hydrogen-bond donors (Lipinski definition) is 1. The maximum Gasteiger partial charge on any atom is 0.221 e. The average molecular weight is 246 g/mol. The molecule has 0 amide bonds. The van der Waals surface area contributed by atoms with Crippen LogP contribution in [-0.4, -0.2) is 9.97 Å². The quantitative estimate of drug-likeness (QED) is 0.716. The number of hydrogen-bond acceptors (Lipinski definition) is 4. The summed E-state index contributed by atoms with van der Waals surface area (Å²) in [4.78, 5) is 8.48. The maximum absolute atomic E-state index is 9.24. The number of nitrogen functional groups attached to an aromatic ring is 1. The molecule has 1 heterocycles. The largest absolute Gasteiger partial charge is 0.368 e. The van der Waals surface area contributed by atoms with E-state index in [9.17, 15) is 5.26 Å². The van der Waals surface area contributed by atoms with E-state index in [0.29, 0.717) is 16.8 Å². The summed E-state index contributed by atoms with van der Waals surface area (Å²) in [5.41, 5.74) is 8.60. The topological polar surface area (TPSA) is 75.6 Å². The van der Waals surface area contributed by atoms with E-state index in [-0.39, 0.29) is 5.95 Å². The molecule has 2 aromatic carbocycles. The van der Waals surface area contributed by atoms with E-state index in [2.05, 4.69) is 16.0 Å². The van der Waals surface area contributed by atoms with E-state index in [0.717, 1.165) is 10.9 Å². The summed E-state index contributed by atoms with van der Waals surface area (Å²) < 4.78 is 0. The van der Waals surface area contributed by atoms with Gasteiger partial charge in [-0.15, -0.1) is 0 Å². The minimum Gasteiger partial charge on any atom is -0.368 e. The van der Waals surface area contributed by atoms with Crippen LogP contribution >= 0.6 is 0 Å². The molecule has 0 fully saturated rings. The number of nitrogens with two attached hydrogens (primary N) is 1. The van der Waals surface area contributed by atoms with Crippen LogP contribution < -0.4 is 5.73 Å². The molecule has 4 heteroatoms. The molecule has 0 unspecified atom stereocenters. The Balaban J connectivity index is 2.44. The van der Waals surface area contributed by atoms with Gasteiger partial charge < -0.3 is 5.73 Å². The Bertz CT molecular complexity index is 788. The van der Waals surface area contributed by atoms with Crippen LogP contribution in [0.15, 0.2) is 48.5 Å². The number of fused-ring (bicyclic) bond motifs is 1. The molecule has 0 spiro atoms. The predicted molar refractivity (Wildman–Crippen MR) is 74.1 cm³/mol. The summed E-state index contributed by atoms with van der Waals surface area (Å²) in [6.45, 7) is 0. The molecule has 0 atom stereocenters. The molecule has 0 radical (unpaired) electrons. The van der Waals surface area contributed by atoms with Crippen molar-refractivity contribution in [3.63, 3.8) is 0 Å². The third-order valence-corrected chi connectivity index (χ3v) is 2.91. The van der Waals surface area contributed by atoms with Gasteiger partial charge in [0, 0.05) is 10.9 Å². The zero-order chi connectivity index (χ0) is 13.2. The molecular weight excluding hydrogens is 236 g/mol. The first-order valence-corrected chi connectivity index (χ1v) is 5.81. The molecule has 2 N–H and O–H groups in total. The van der Waals surface area contributed by atoms with Crippen molar-refractivity contribution in [2.24, 2.45) is 0 Å². The zero-order valence-corrected chi connectivity index (χ0v) is 10.0. The van der Waals surface area contributed by atoms with Crippen molar-refractivity contribution in [2.45, 2.75) is 0 Å². The van der Waals surface area contributed by atoms with Crippen molar-refractivity contribution < 1.29 is 0 Å². The molecule has 3 rings (SSSR count). The average Bonchev–Trinajstić information content (AvgIpc) is 2.46. The van der Waals surface area contributed by atoms with Crippen LogP contribution in [0.4, 0.5) is 5.95 Å². The Hall–Kier alpha value is -2.93. The van der Waals surface area contributed by atoms with Crippen LogP contribution in [0.2, 0.25) is 0 Å². The minimum absolute atomic E-state index is 0.210. The van der Waals surface area contributed by atoms with Gasteiger partial charge in [0.2, 0.25) is 5.95 Å². The van der Waals surface area contributed by atoms with Crippen molar-refractivity contribution in [1.29, 1.82) is 5.26 Å². The third kappa shape index (κ3) is 1.87. The summed E-state index contributed by atoms with van der Waals surface area (Å²) in [5.74, 6) is 0.210. The molecule has 1 aromatic heterocycles. The third-order valence-electron chi connectivity index (χ3n) is 2.91. The van der Waals surface area contributed by atoms with Gasteiger partial charge in [0.15, 0.2) is 0 Å². The van der Waals surface area contributed by atoms with E-state index >= 15 is 0 Å². The van der Waals surface area contributed by atoms with Gasteiger partial charge in [-0.1, -0.05) is 36.4 Å². The van der Waals surface area contributed by atoms with Crippen LogP contribution in [0.3, 0.4) is 0 Å². The van der Waals surface area contributed by atoms with Gasteiger partial charge in [0.05, 0.1) is 22.8 Å². The normalized spacial score (nSPS) is 10.3. The fourth-order valence-electron chi connectivity index (χ4n) is 2.10. The monoisotopic (exact) mass is 246 g/mol. The van der Waals surface area contributed by atoms with Crippen LogP contribution in [0, 0.1) is 11.3 Å². The van der Waals surface area contributed by atoms with Gasteiger partial charge in [0.1, 0.15) is 0 Å². The molecule has 0 saturated carbocycles. The minimum atomic E-state index is 0.210. The van der Waals surface area contributed by atoms with E-state index in [1.54, 1.807) is 12.1 Å². The highest BCUT2D eigenvalue weighted by Crippen LogP contribution is 2.28. The van der Waals surface area contributed by atoms with Crippen molar-refractivity contribution in [3.05, 3.63) is 54.1 Å². The molecule has 19 heavy (non-hydrogen) atoms. The number of aromatic nitrogens is 2. The fourth-order valence-corrected chi connectivity index (χ4v) is 2.10. The zero-order valence-electron chi connectivity index (χ0n) is 10.0. The Kier molecular flexibility index (Phi) is 2.58. The fraction of sp³-hybridized carbons (Fsp3) is 0. The molecule has 0 aliphatic rings. The number of anilines is 1. The first kappa shape index (κ1) is 11.2. The van der Waals surface area contributed by atoms with Gasteiger partial charge in [-0.05, 0) is 12.1 Å². The van der Waals surface area contributed by atoms with Gasteiger partial charge in [-0.3, -0.25) is 0 Å². The molecule has 0 aliphatic carbocycles. The molecule has 0 bridgehead atoms. The smallest absolute Gasteiger partial charge is 0.221 e. The molecule has 0 aliphatic heterocycles. The predicted octanol–water partition coefficient (Wildman–Crippen LogP) is 2.75. The highest BCUT2D eigenvalue weighted by Gasteiger charge is 2.11. The van der Waals surface area contributed by atoms with Crippen molar-refractivity contribution in [2.75, 3.05) is 5.73 Å². The van der Waals surface area contributed by atoms with Crippen molar-refractivity contribution in [3.8, 4) is 17.3 Å². The number of benzene rings is 2. The summed E-state index contributed by atoms with van der Waals surface area (Å²) in [6.07, 6.45) is 0. The molecular formula is C15H10N4. The molecule has 4 nitrogen and oxygen atoms in total. The van der Waals surface area contributed by atoms with E-state index < -0.39 is 0 Å². The van der Waals surface area contributed by atoms with Gasteiger partial charge in [-0.2, -0.15) is 5.26 Å². The first-order chi connectivity index (χ1) is 9.29. The number of nitrogens with zero attached hydrogens (tertiary/aromatic N) is 3. The molecule has 3 aromatic rings. The van der Waals surface area contributed by atoms with Gasteiger partial charge >= 0.3 is 0 Å². The highest BCUT2D eigenvalue weighted by atomic mass is 15.0. The van der Waals surface area contributed by atoms with Crippen LogP contribution in [0.25, 0.3) is 22.2 Å². The van der Waals surface area contributed by atoms with Gasteiger partial charge in [0.25, 0.3) is 0 Å². The Morgan fingerprint density at radius 1 is 0.947 bits per heavy atom. The van der Waals surface area contributed by atoms with E-state index in [4.69, 9.17) is 5.73 Å². The number of rotatable bonds is 1. The SMILES string of the molecule is N#Cc1cccc2nc(N)nc(-c3ccccc3)c12. The summed E-state index contributed by atoms with van der Waals surface area (Å²) in [7, 11) is 0. The lowest BCUT2D eigenvalue weighted by Gasteiger charge is -2.08. The first-order valence-electron chi connectivity index (χ1n) is 5.81. The lowest BCUT2D eigenvalue weighted by molar-refractivity contribution is 1.24. The Morgan fingerprint density at radius 3 is 2.47 bits per heavy atom. The Labute approximate surface area is 110 Å². The maximum atomic E-state index is 9.24. The van der Waals surface area contributed by atoms with Crippen LogP contribution in [0.5, 0.6) is 0 Å². The lowest BCUT2D eigenvalue weighted by atomic mass is 10.0. The van der Waals surface area contributed by atoms with Crippen molar-refractivity contribution in [1.82, 2.24) is 9.97 Å². The molecule has 0 saturated heterocycles. The standard InChI is InChI=1S/C15H10N4/c16-9-11-7-4-8-12-13(11)14(19-15(17)18-12)10-5-2-1-3-6-10/h1-8H,(H2,17,18,19). The highest BCUT2D eigenvalue weighted by molar-refractivity contribution is 5.97. The van der Waals surface area contributed by atoms with Crippen LogP contribution in [0.1, 0.15) is 5.56 Å². The second-order valence-corrected chi connectivity index (χ2v) is 4.11. The summed E-state index contributed by atoms with van der Waals surface area (Å²) >= 11 is 0. The van der Waals surface area contributed by atoms with E-state index in [1.165, 1.54) is 0 Å². The van der Waals surface area contributed by atoms with Crippen molar-refractivity contribution >= 4 is 16.9 Å². The lowest BCUT2D eigenvalue weighted by Crippen LogP contribution is -1.99. The number of nitriles is 1. The van der Waals surface area contributed by atoms with Gasteiger partial charge in [-0.25, -0.2) is 9.97 Å². The second-order valence-electron chi connectivity index (χ2n) is 4.11.